The van der Waals surface area contributed by atoms with Gasteiger partial charge in [-0.15, -0.1) is 0 Å². The van der Waals surface area contributed by atoms with Crippen LogP contribution in [-0.2, 0) is 9.53 Å². The van der Waals surface area contributed by atoms with Gasteiger partial charge in [0.15, 0.2) is 0 Å². The Hall–Kier alpha value is -0.570. The number of carbonyl (C=O) groups is 1. The van der Waals surface area contributed by atoms with E-state index in [1.165, 1.54) is 0 Å². The molecule has 3 nitrogen and oxygen atoms in total. The Morgan fingerprint density at radius 1 is 1.00 bits per heavy atom. The molecule has 1 atom stereocenters. The zero-order valence-electron chi connectivity index (χ0n) is 13.8. The largest absolute Gasteiger partial charge is 0.465 e. The van der Waals surface area contributed by atoms with Crippen molar-refractivity contribution in [2.75, 3.05) is 6.61 Å². The van der Waals surface area contributed by atoms with Crippen molar-refractivity contribution in [1.29, 1.82) is 0 Å². The van der Waals surface area contributed by atoms with Crippen LogP contribution >= 0.6 is 0 Å². The first-order valence-electron chi connectivity index (χ1n) is 7.76. The minimum absolute atomic E-state index is 0. The molecule has 0 heterocycles. The maximum Gasteiger partial charge on any atom is 0.312 e. The highest BCUT2D eigenvalue weighted by molar-refractivity contribution is 5.77. The maximum atomic E-state index is 12.5. The van der Waals surface area contributed by atoms with E-state index >= 15 is 0 Å². The average Bonchev–Trinajstić information content (AvgIpc) is 2.35. The van der Waals surface area contributed by atoms with E-state index in [0.29, 0.717) is 12.5 Å². The smallest absolute Gasteiger partial charge is 0.312 e. The summed E-state index contributed by atoms with van der Waals surface area (Å²) in [5.41, 5.74) is -0.241. The van der Waals surface area contributed by atoms with E-state index in [0.717, 1.165) is 44.9 Å². The second-order valence-electron chi connectivity index (χ2n) is 5.48. The molecule has 0 spiro atoms. The molecular weight excluding hydrogens is 238 g/mol. The van der Waals surface area contributed by atoms with E-state index in [-0.39, 0.29) is 17.5 Å². The second kappa shape index (κ2) is 11.3. The number of ether oxygens (including phenoxy) is 1. The van der Waals surface area contributed by atoms with Crippen LogP contribution in [0.2, 0.25) is 0 Å². The van der Waals surface area contributed by atoms with Crippen molar-refractivity contribution in [2.24, 2.45) is 11.3 Å². The van der Waals surface area contributed by atoms with Crippen molar-refractivity contribution in [1.82, 2.24) is 6.15 Å². The standard InChI is InChI=1S/C16H32O2.H3N/c1-6-10-14(5)16(11-7-2,12-8-3)15(17)18-13-9-4;/h14H,6-13H2,1-5H3;1H3. The van der Waals surface area contributed by atoms with Gasteiger partial charge in [0, 0.05) is 0 Å². The molecule has 0 aliphatic rings. The lowest BCUT2D eigenvalue weighted by atomic mass is 9.68. The molecule has 3 heteroatoms. The van der Waals surface area contributed by atoms with Crippen molar-refractivity contribution in [3.8, 4) is 0 Å². The maximum absolute atomic E-state index is 12.5. The van der Waals surface area contributed by atoms with Crippen LogP contribution in [0.5, 0.6) is 0 Å². The third-order valence-electron chi connectivity index (χ3n) is 3.90. The monoisotopic (exact) mass is 273 g/mol. The third-order valence-corrected chi connectivity index (χ3v) is 3.90. The van der Waals surface area contributed by atoms with Crippen molar-refractivity contribution in [3.63, 3.8) is 0 Å². The fourth-order valence-electron chi connectivity index (χ4n) is 2.96. The molecule has 0 amide bonds. The number of hydrogen-bond acceptors (Lipinski definition) is 3. The summed E-state index contributed by atoms with van der Waals surface area (Å²) in [5.74, 6) is 0.473. The molecule has 0 aromatic heterocycles. The van der Waals surface area contributed by atoms with E-state index in [1.807, 2.05) is 6.92 Å². The van der Waals surface area contributed by atoms with Gasteiger partial charge in [0.2, 0.25) is 0 Å². The molecule has 0 radical (unpaired) electrons. The van der Waals surface area contributed by atoms with Gasteiger partial charge in [0.1, 0.15) is 0 Å². The van der Waals surface area contributed by atoms with Gasteiger partial charge in [0.05, 0.1) is 12.0 Å². The van der Waals surface area contributed by atoms with Gasteiger partial charge in [-0.3, -0.25) is 4.79 Å². The van der Waals surface area contributed by atoms with Gasteiger partial charge in [0.25, 0.3) is 0 Å². The summed E-state index contributed by atoms with van der Waals surface area (Å²) in [5, 5.41) is 0. The second-order valence-corrected chi connectivity index (χ2v) is 5.48. The van der Waals surface area contributed by atoms with Crippen LogP contribution in [0.4, 0.5) is 0 Å². The van der Waals surface area contributed by atoms with E-state index in [2.05, 4.69) is 27.7 Å². The third kappa shape index (κ3) is 5.94. The fourth-order valence-corrected chi connectivity index (χ4v) is 2.96. The molecule has 0 bridgehead atoms. The Balaban J connectivity index is 0. The topological polar surface area (TPSA) is 61.3 Å². The van der Waals surface area contributed by atoms with Crippen LogP contribution in [0, 0.1) is 11.3 Å². The first-order valence-corrected chi connectivity index (χ1v) is 7.76. The van der Waals surface area contributed by atoms with Crippen LogP contribution in [0.3, 0.4) is 0 Å². The van der Waals surface area contributed by atoms with Gasteiger partial charge in [-0.05, 0) is 31.6 Å². The Kier molecular flexibility index (Phi) is 12.3. The summed E-state index contributed by atoms with van der Waals surface area (Å²) in [7, 11) is 0. The molecule has 0 aromatic carbocycles. The summed E-state index contributed by atoms with van der Waals surface area (Å²) in [6.45, 7) is 11.3. The van der Waals surface area contributed by atoms with Crippen LogP contribution in [0.25, 0.3) is 0 Å². The minimum atomic E-state index is -0.241. The highest BCUT2D eigenvalue weighted by atomic mass is 16.5. The summed E-state index contributed by atoms with van der Waals surface area (Å²) < 4.78 is 5.49. The van der Waals surface area contributed by atoms with Gasteiger partial charge in [-0.25, -0.2) is 0 Å². The quantitative estimate of drug-likeness (QED) is 0.562. The van der Waals surface area contributed by atoms with Crippen LogP contribution in [0.1, 0.15) is 79.6 Å². The molecule has 116 valence electrons. The lowest BCUT2D eigenvalue weighted by molar-refractivity contribution is -0.161. The first-order chi connectivity index (χ1) is 8.58. The molecule has 0 aliphatic heterocycles. The molecule has 0 fully saturated rings. The number of carbonyl (C=O) groups excluding carboxylic acids is 1. The summed E-state index contributed by atoms with van der Waals surface area (Å²) in [4.78, 5) is 12.5. The predicted molar refractivity (Wildman–Crippen MR) is 82.6 cm³/mol. The minimum Gasteiger partial charge on any atom is -0.465 e. The lowest BCUT2D eigenvalue weighted by Gasteiger charge is -2.37. The normalized spacial score (nSPS) is 12.7. The Morgan fingerprint density at radius 2 is 1.53 bits per heavy atom. The van der Waals surface area contributed by atoms with Crippen molar-refractivity contribution in [3.05, 3.63) is 0 Å². The van der Waals surface area contributed by atoms with Gasteiger partial charge in [-0.1, -0.05) is 53.9 Å². The lowest BCUT2D eigenvalue weighted by Crippen LogP contribution is -2.39. The summed E-state index contributed by atoms with van der Waals surface area (Å²) in [6.07, 6.45) is 7.18. The van der Waals surface area contributed by atoms with Gasteiger partial charge < -0.3 is 10.9 Å². The summed E-state index contributed by atoms with van der Waals surface area (Å²) in [6, 6.07) is 0. The van der Waals surface area contributed by atoms with Crippen LogP contribution < -0.4 is 6.15 Å². The van der Waals surface area contributed by atoms with Gasteiger partial charge >= 0.3 is 5.97 Å². The molecule has 1 unspecified atom stereocenters. The molecular formula is C16H35NO2. The van der Waals surface area contributed by atoms with Crippen molar-refractivity contribution < 1.29 is 9.53 Å². The van der Waals surface area contributed by atoms with Gasteiger partial charge in [-0.2, -0.15) is 0 Å². The number of hydrogen-bond donors (Lipinski definition) is 1. The van der Waals surface area contributed by atoms with Crippen LogP contribution in [0.15, 0.2) is 0 Å². The first kappa shape index (κ1) is 20.7. The van der Waals surface area contributed by atoms with Crippen LogP contribution in [-0.4, -0.2) is 12.6 Å². The van der Waals surface area contributed by atoms with Crippen molar-refractivity contribution >= 4 is 5.97 Å². The van der Waals surface area contributed by atoms with E-state index in [4.69, 9.17) is 4.74 Å². The van der Waals surface area contributed by atoms with E-state index < -0.39 is 0 Å². The Morgan fingerprint density at radius 3 is 1.89 bits per heavy atom. The highest BCUT2D eigenvalue weighted by Crippen LogP contribution is 2.41. The average molecular weight is 273 g/mol. The number of rotatable bonds is 10. The SMILES string of the molecule is CCCOC(=O)C(CCC)(CCC)C(C)CCC.N. The summed E-state index contributed by atoms with van der Waals surface area (Å²) >= 11 is 0. The molecule has 0 saturated carbocycles. The number of esters is 1. The zero-order chi connectivity index (χ0) is 14.0. The fraction of sp³-hybridized carbons (Fsp3) is 0.938. The molecule has 0 rings (SSSR count). The highest BCUT2D eigenvalue weighted by Gasteiger charge is 2.42. The van der Waals surface area contributed by atoms with E-state index in [1.54, 1.807) is 0 Å². The Labute approximate surface area is 120 Å². The molecule has 3 N–H and O–H groups in total. The molecule has 19 heavy (non-hydrogen) atoms. The van der Waals surface area contributed by atoms with E-state index in [9.17, 15) is 4.79 Å². The Bertz CT molecular complexity index is 223. The molecule has 0 saturated heterocycles. The van der Waals surface area contributed by atoms with Crippen molar-refractivity contribution in [2.45, 2.75) is 79.6 Å². The molecule has 0 aliphatic carbocycles. The molecule has 0 aromatic rings. The predicted octanol–water partition coefficient (Wildman–Crippen LogP) is 5.12. The zero-order valence-corrected chi connectivity index (χ0v) is 13.8.